The minimum atomic E-state index is 0.0723. The molecule has 1 aliphatic heterocycles. The van der Waals surface area contributed by atoms with Gasteiger partial charge in [-0.1, -0.05) is 59.7 Å². The molecule has 0 fully saturated rings. The molecule has 2 nitrogen and oxygen atoms in total. The van der Waals surface area contributed by atoms with Crippen molar-refractivity contribution < 1.29 is 9.53 Å². The molecule has 0 saturated carbocycles. The summed E-state index contributed by atoms with van der Waals surface area (Å²) in [6, 6.07) is 15.8. The molecule has 0 bridgehead atoms. The first-order chi connectivity index (χ1) is 10.1. The van der Waals surface area contributed by atoms with E-state index >= 15 is 0 Å². The summed E-state index contributed by atoms with van der Waals surface area (Å²) in [6.45, 7) is 4.64. The van der Waals surface area contributed by atoms with Gasteiger partial charge in [0, 0.05) is 23.1 Å². The molecule has 0 N–H and O–H groups in total. The number of ether oxygens (including phenoxy) is 1. The van der Waals surface area contributed by atoms with Gasteiger partial charge in [-0.25, -0.2) is 0 Å². The second-order valence-corrected chi connectivity index (χ2v) is 5.47. The highest BCUT2D eigenvalue weighted by Crippen LogP contribution is 2.30. The first kappa shape index (κ1) is 13.6. The van der Waals surface area contributed by atoms with E-state index in [2.05, 4.69) is 0 Å². The number of aryl methyl sites for hydroxylation is 2. The first-order valence-corrected chi connectivity index (χ1v) is 7.19. The second kappa shape index (κ2) is 5.57. The first-order valence-electron chi connectivity index (χ1n) is 7.19. The van der Waals surface area contributed by atoms with E-state index in [9.17, 15) is 4.79 Å². The van der Waals surface area contributed by atoms with Crippen molar-refractivity contribution >= 4 is 11.5 Å². The van der Waals surface area contributed by atoms with Gasteiger partial charge in [-0.05, 0) is 13.8 Å². The average molecular weight is 278 g/mol. The van der Waals surface area contributed by atoms with Crippen molar-refractivity contribution in [2.24, 2.45) is 0 Å². The Bertz CT molecular complexity index is 691. The molecule has 21 heavy (non-hydrogen) atoms. The Hall–Kier alpha value is -2.35. The Labute approximate surface area is 125 Å². The van der Waals surface area contributed by atoms with Crippen molar-refractivity contribution in [3.63, 3.8) is 0 Å². The summed E-state index contributed by atoms with van der Waals surface area (Å²) in [5, 5.41) is 0. The summed E-state index contributed by atoms with van der Waals surface area (Å²) < 4.78 is 5.72. The van der Waals surface area contributed by atoms with Gasteiger partial charge in [0.2, 0.25) is 0 Å². The lowest BCUT2D eigenvalue weighted by Gasteiger charge is -2.07. The topological polar surface area (TPSA) is 26.3 Å². The summed E-state index contributed by atoms with van der Waals surface area (Å²) in [5.41, 5.74) is 4.84. The fourth-order valence-electron chi connectivity index (χ4n) is 2.51. The molecular weight excluding hydrogens is 260 g/mol. The number of benzene rings is 2. The van der Waals surface area contributed by atoms with Gasteiger partial charge in [0.15, 0.2) is 5.78 Å². The average Bonchev–Trinajstić information content (AvgIpc) is 2.97. The van der Waals surface area contributed by atoms with Crippen molar-refractivity contribution in [3.05, 3.63) is 76.4 Å². The number of hydrogen-bond acceptors (Lipinski definition) is 2. The van der Waals surface area contributed by atoms with Crippen molar-refractivity contribution in [2.75, 3.05) is 6.61 Å². The summed E-state index contributed by atoms with van der Waals surface area (Å²) in [5.74, 6) is 0.809. The fourth-order valence-corrected chi connectivity index (χ4v) is 2.51. The third-order valence-electron chi connectivity index (χ3n) is 3.77. The molecule has 106 valence electrons. The maximum Gasteiger partial charge on any atom is 0.192 e. The third kappa shape index (κ3) is 2.75. The molecule has 1 aliphatic rings. The molecule has 0 saturated heterocycles. The zero-order valence-electron chi connectivity index (χ0n) is 12.3. The van der Waals surface area contributed by atoms with Crippen molar-refractivity contribution in [1.82, 2.24) is 0 Å². The molecule has 0 amide bonds. The lowest BCUT2D eigenvalue weighted by atomic mass is 9.98. The highest BCUT2D eigenvalue weighted by molar-refractivity contribution is 6.12. The van der Waals surface area contributed by atoms with E-state index in [1.807, 2.05) is 62.4 Å². The van der Waals surface area contributed by atoms with E-state index in [1.165, 1.54) is 5.56 Å². The van der Waals surface area contributed by atoms with Crippen LogP contribution in [-0.4, -0.2) is 12.4 Å². The normalized spacial score (nSPS) is 14.2. The van der Waals surface area contributed by atoms with Crippen LogP contribution in [0.25, 0.3) is 5.76 Å². The van der Waals surface area contributed by atoms with Crippen molar-refractivity contribution in [2.45, 2.75) is 20.3 Å². The monoisotopic (exact) mass is 278 g/mol. The van der Waals surface area contributed by atoms with E-state index in [4.69, 9.17) is 4.74 Å². The van der Waals surface area contributed by atoms with Crippen LogP contribution in [0.1, 0.15) is 33.5 Å². The highest BCUT2D eigenvalue weighted by Gasteiger charge is 2.24. The van der Waals surface area contributed by atoms with E-state index in [1.54, 1.807) is 0 Å². The molecule has 3 rings (SSSR count). The highest BCUT2D eigenvalue weighted by atomic mass is 16.5. The quantitative estimate of drug-likeness (QED) is 0.782. The van der Waals surface area contributed by atoms with Crippen LogP contribution in [0, 0.1) is 13.8 Å². The molecular formula is C19H18O2. The smallest absolute Gasteiger partial charge is 0.192 e. The molecule has 2 aromatic carbocycles. The van der Waals surface area contributed by atoms with Crippen LogP contribution in [0.3, 0.4) is 0 Å². The third-order valence-corrected chi connectivity index (χ3v) is 3.77. The van der Waals surface area contributed by atoms with Gasteiger partial charge in [0.05, 0.1) is 6.61 Å². The van der Waals surface area contributed by atoms with Crippen LogP contribution in [0.4, 0.5) is 0 Å². The van der Waals surface area contributed by atoms with Crippen LogP contribution in [0.15, 0.2) is 54.1 Å². The lowest BCUT2D eigenvalue weighted by Crippen LogP contribution is -2.03. The Kier molecular flexibility index (Phi) is 3.61. The number of carbonyl (C=O) groups is 1. The summed E-state index contributed by atoms with van der Waals surface area (Å²) in [6.07, 6.45) is 0.677. The fraction of sp³-hybridized carbons (Fsp3) is 0.211. The molecule has 0 unspecified atom stereocenters. The van der Waals surface area contributed by atoms with Gasteiger partial charge < -0.3 is 4.74 Å². The predicted molar refractivity (Wildman–Crippen MR) is 84.2 cm³/mol. The van der Waals surface area contributed by atoms with E-state index < -0.39 is 0 Å². The minimum absolute atomic E-state index is 0.0723. The Morgan fingerprint density at radius 2 is 1.48 bits per heavy atom. The van der Waals surface area contributed by atoms with Crippen molar-refractivity contribution in [3.8, 4) is 0 Å². The number of carbonyl (C=O) groups excluding carboxylic acids is 1. The van der Waals surface area contributed by atoms with Crippen LogP contribution < -0.4 is 0 Å². The maximum absolute atomic E-state index is 12.7. The van der Waals surface area contributed by atoms with E-state index in [-0.39, 0.29) is 5.78 Å². The van der Waals surface area contributed by atoms with Gasteiger partial charge in [0.25, 0.3) is 0 Å². The number of Topliss-reactive ketones (excluding diaryl/α,β-unsaturated/α-hetero) is 1. The van der Waals surface area contributed by atoms with E-state index in [0.29, 0.717) is 13.0 Å². The van der Waals surface area contributed by atoms with E-state index in [0.717, 1.165) is 28.0 Å². The summed E-state index contributed by atoms with van der Waals surface area (Å²) in [4.78, 5) is 12.7. The Balaban J connectivity index is 1.98. The van der Waals surface area contributed by atoms with Crippen LogP contribution in [0.2, 0.25) is 0 Å². The van der Waals surface area contributed by atoms with Crippen LogP contribution in [-0.2, 0) is 4.74 Å². The predicted octanol–water partition coefficient (Wildman–Crippen LogP) is 4.32. The second-order valence-electron chi connectivity index (χ2n) is 5.47. The van der Waals surface area contributed by atoms with Crippen LogP contribution in [0.5, 0.6) is 0 Å². The number of ketones is 1. The molecule has 2 heteroatoms. The molecule has 1 heterocycles. The summed E-state index contributed by atoms with van der Waals surface area (Å²) in [7, 11) is 0. The molecule has 0 atom stereocenters. The number of hydrogen-bond donors (Lipinski definition) is 0. The molecule has 0 aliphatic carbocycles. The largest absolute Gasteiger partial charge is 0.492 e. The molecule has 0 spiro atoms. The molecule has 0 aromatic heterocycles. The zero-order chi connectivity index (χ0) is 14.8. The minimum Gasteiger partial charge on any atom is -0.492 e. The van der Waals surface area contributed by atoms with Gasteiger partial charge >= 0.3 is 0 Å². The molecule has 0 radical (unpaired) electrons. The standard InChI is InChI=1S/C19H18O2/c1-13-3-7-15(8-4-13)18(20)17-11-12-21-19(17)16-9-5-14(2)6-10-16/h3-10H,11-12H2,1-2H3. The molecule has 2 aromatic rings. The lowest BCUT2D eigenvalue weighted by molar-refractivity contribution is 0.103. The van der Waals surface area contributed by atoms with Crippen LogP contribution >= 0.6 is 0 Å². The van der Waals surface area contributed by atoms with Gasteiger partial charge in [-0.2, -0.15) is 0 Å². The Morgan fingerprint density at radius 3 is 2.10 bits per heavy atom. The zero-order valence-corrected chi connectivity index (χ0v) is 12.3. The SMILES string of the molecule is Cc1ccc(C(=O)C2=C(c3ccc(C)cc3)OCC2)cc1. The van der Waals surface area contributed by atoms with Gasteiger partial charge in [0.1, 0.15) is 5.76 Å². The van der Waals surface area contributed by atoms with Gasteiger partial charge in [-0.3, -0.25) is 4.79 Å². The van der Waals surface area contributed by atoms with Crippen molar-refractivity contribution in [1.29, 1.82) is 0 Å². The number of rotatable bonds is 3. The summed E-state index contributed by atoms with van der Waals surface area (Å²) >= 11 is 0. The van der Waals surface area contributed by atoms with Gasteiger partial charge in [-0.15, -0.1) is 0 Å². The maximum atomic E-state index is 12.7. The Morgan fingerprint density at radius 1 is 0.905 bits per heavy atom.